The van der Waals surface area contributed by atoms with Crippen LogP contribution in [0.2, 0.25) is 0 Å². The first-order valence-electron chi connectivity index (χ1n) is 8.74. The molecule has 0 fully saturated rings. The lowest BCUT2D eigenvalue weighted by Gasteiger charge is -2.07. The number of hydrogen-bond acceptors (Lipinski definition) is 1. The highest BCUT2D eigenvalue weighted by Gasteiger charge is 2.07. The molecular weight excluding hydrogens is 303 g/mol. The van der Waals surface area contributed by atoms with E-state index in [1.165, 1.54) is 25.7 Å². The van der Waals surface area contributed by atoms with Crippen LogP contribution in [0.5, 0.6) is 0 Å². The number of halogens is 1. The van der Waals surface area contributed by atoms with Crippen molar-refractivity contribution in [2.45, 2.75) is 51.9 Å². The van der Waals surface area contributed by atoms with Crippen molar-refractivity contribution in [2.24, 2.45) is 0 Å². The molecule has 2 aromatic carbocycles. The summed E-state index contributed by atoms with van der Waals surface area (Å²) >= 11 is 0. The van der Waals surface area contributed by atoms with E-state index < -0.39 is 5.97 Å². The first-order chi connectivity index (χ1) is 11.6. The normalized spacial score (nSPS) is 10.8. The molecular formula is C21H25FO2. The number of rotatable bonds is 9. The Balaban J connectivity index is 1.95. The SMILES string of the molecule is CCCCCCCCc1ccc(-c2ccc(C(=O)O)cc2)cc1F. The van der Waals surface area contributed by atoms with Crippen LogP contribution in [0.3, 0.4) is 0 Å². The van der Waals surface area contributed by atoms with Gasteiger partial charge in [-0.3, -0.25) is 0 Å². The number of carboxylic acids is 1. The zero-order valence-electron chi connectivity index (χ0n) is 14.2. The van der Waals surface area contributed by atoms with E-state index in [-0.39, 0.29) is 11.4 Å². The molecule has 0 atom stereocenters. The highest BCUT2D eigenvalue weighted by molar-refractivity contribution is 5.88. The fraction of sp³-hybridized carbons (Fsp3) is 0.381. The van der Waals surface area contributed by atoms with Crippen LogP contribution < -0.4 is 0 Å². The molecule has 0 amide bonds. The molecule has 2 nitrogen and oxygen atoms in total. The number of aromatic carboxylic acids is 1. The minimum absolute atomic E-state index is 0.177. The largest absolute Gasteiger partial charge is 0.478 e. The maximum Gasteiger partial charge on any atom is 0.335 e. The molecule has 2 rings (SSSR count). The van der Waals surface area contributed by atoms with E-state index in [1.807, 2.05) is 12.1 Å². The highest BCUT2D eigenvalue weighted by Crippen LogP contribution is 2.23. The Hall–Kier alpha value is -2.16. The van der Waals surface area contributed by atoms with Gasteiger partial charge in [-0.15, -0.1) is 0 Å². The molecule has 0 aliphatic heterocycles. The molecule has 0 spiro atoms. The molecule has 3 heteroatoms. The summed E-state index contributed by atoms with van der Waals surface area (Å²) in [5.41, 5.74) is 2.59. The van der Waals surface area contributed by atoms with Gasteiger partial charge in [-0.05, 0) is 47.7 Å². The van der Waals surface area contributed by atoms with Crippen LogP contribution in [-0.4, -0.2) is 11.1 Å². The van der Waals surface area contributed by atoms with Crippen LogP contribution in [0.1, 0.15) is 61.4 Å². The van der Waals surface area contributed by atoms with E-state index in [4.69, 9.17) is 5.11 Å². The van der Waals surface area contributed by atoms with Crippen LogP contribution in [0.4, 0.5) is 4.39 Å². The van der Waals surface area contributed by atoms with Gasteiger partial charge in [0.1, 0.15) is 5.82 Å². The van der Waals surface area contributed by atoms with Gasteiger partial charge in [-0.25, -0.2) is 9.18 Å². The summed E-state index contributed by atoms with van der Waals surface area (Å²) in [7, 11) is 0. The lowest BCUT2D eigenvalue weighted by molar-refractivity contribution is 0.0697. The van der Waals surface area contributed by atoms with Crippen molar-refractivity contribution in [3.8, 4) is 11.1 Å². The zero-order chi connectivity index (χ0) is 17.4. The highest BCUT2D eigenvalue weighted by atomic mass is 19.1. The van der Waals surface area contributed by atoms with E-state index >= 15 is 0 Å². The Bertz CT molecular complexity index is 662. The third kappa shape index (κ3) is 5.19. The zero-order valence-corrected chi connectivity index (χ0v) is 14.2. The molecule has 128 valence electrons. The Labute approximate surface area is 143 Å². The number of carbonyl (C=O) groups is 1. The molecule has 0 bridgehead atoms. The van der Waals surface area contributed by atoms with E-state index in [2.05, 4.69) is 6.92 Å². The molecule has 0 heterocycles. The monoisotopic (exact) mass is 328 g/mol. The average Bonchev–Trinajstić information content (AvgIpc) is 2.59. The van der Waals surface area contributed by atoms with Gasteiger partial charge in [0, 0.05) is 0 Å². The Kier molecular flexibility index (Phi) is 6.98. The van der Waals surface area contributed by atoms with Gasteiger partial charge in [-0.1, -0.05) is 63.3 Å². The third-order valence-electron chi connectivity index (χ3n) is 4.32. The summed E-state index contributed by atoms with van der Waals surface area (Å²) in [5, 5.41) is 8.92. The van der Waals surface area contributed by atoms with Gasteiger partial charge in [0.15, 0.2) is 0 Å². The molecule has 0 saturated carbocycles. The molecule has 0 aliphatic carbocycles. The van der Waals surface area contributed by atoms with E-state index in [0.717, 1.165) is 36.0 Å². The van der Waals surface area contributed by atoms with Gasteiger partial charge in [0.05, 0.1) is 5.56 Å². The summed E-state index contributed by atoms with van der Waals surface area (Å²) in [6, 6.07) is 11.8. The predicted molar refractivity (Wildman–Crippen MR) is 95.9 cm³/mol. The van der Waals surface area contributed by atoms with Crippen LogP contribution in [-0.2, 0) is 6.42 Å². The Morgan fingerprint density at radius 2 is 1.54 bits per heavy atom. The fourth-order valence-corrected chi connectivity index (χ4v) is 2.83. The quantitative estimate of drug-likeness (QED) is 0.565. The second-order valence-corrected chi connectivity index (χ2v) is 6.21. The van der Waals surface area contributed by atoms with Gasteiger partial charge < -0.3 is 5.11 Å². The lowest BCUT2D eigenvalue weighted by atomic mass is 9.99. The Morgan fingerprint density at radius 3 is 2.17 bits per heavy atom. The first kappa shape index (κ1) is 18.2. The van der Waals surface area contributed by atoms with Crippen molar-refractivity contribution in [3.05, 3.63) is 59.4 Å². The fourth-order valence-electron chi connectivity index (χ4n) is 2.83. The van der Waals surface area contributed by atoms with Crippen LogP contribution in [0, 0.1) is 5.82 Å². The van der Waals surface area contributed by atoms with Crippen molar-refractivity contribution < 1.29 is 14.3 Å². The number of aryl methyl sites for hydroxylation is 1. The van der Waals surface area contributed by atoms with Crippen molar-refractivity contribution >= 4 is 5.97 Å². The first-order valence-corrected chi connectivity index (χ1v) is 8.74. The second kappa shape index (κ2) is 9.21. The minimum atomic E-state index is -0.956. The molecule has 1 N–H and O–H groups in total. The number of unbranched alkanes of at least 4 members (excludes halogenated alkanes) is 5. The molecule has 0 aliphatic rings. The lowest BCUT2D eigenvalue weighted by Crippen LogP contribution is -1.95. The minimum Gasteiger partial charge on any atom is -0.478 e. The topological polar surface area (TPSA) is 37.3 Å². The van der Waals surface area contributed by atoms with Crippen molar-refractivity contribution in [2.75, 3.05) is 0 Å². The molecule has 0 unspecified atom stereocenters. The van der Waals surface area contributed by atoms with Crippen molar-refractivity contribution in [1.29, 1.82) is 0 Å². The van der Waals surface area contributed by atoms with Gasteiger partial charge in [-0.2, -0.15) is 0 Å². The van der Waals surface area contributed by atoms with Crippen molar-refractivity contribution in [1.82, 2.24) is 0 Å². The maximum atomic E-state index is 14.3. The molecule has 0 aromatic heterocycles. The van der Waals surface area contributed by atoms with Crippen LogP contribution >= 0.6 is 0 Å². The number of carboxylic acid groups (broad SMARTS) is 1. The standard InChI is InChI=1S/C21H25FO2/c1-2-3-4-5-6-7-8-17-11-14-19(15-20(17)22)16-9-12-18(13-10-16)21(23)24/h9-15H,2-8H2,1H3,(H,23,24). The number of hydrogen-bond donors (Lipinski definition) is 1. The van der Waals surface area contributed by atoms with E-state index in [0.29, 0.717) is 0 Å². The van der Waals surface area contributed by atoms with E-state index in [9.17, 15) is 9.18 Å². The van der Waals surface area contributed by atoms with Crippen LogP contribution in [0.15, 0.2) is 42.5 Å². The molecule has 0 saturated heterocycles. The Morgan fingerprint density at radius 1 is 0.917 bits per heavy atom. The average molecular weight is 328 g/mol. The molecule has 24 heavy (non-hydrogen) atoms. The van der Waals surface area contributed by atoms with E-state index in [1.54, 1.807) is 30.3 Å². The molecule has 2 aromatic rings. The molecule has 0 radical (unpaired) electrons. The number of benzene rings is 2. The summed E-state index contributed by atoms with van der Waals surface area (Å²) in [6.45, 7) is 2.20. The van der Waals surface area contributed by atoms with Crippen molar-refractivity contribution in [3.63, 3.8) is 0 Å². The predicted octanol–water partition coefficient (Wildman–Crippen LogP) is 6.09. The second-order valence-electron chi connectivity index (χ2n) is 6.21. The smallest absolute Gasteiger partial charge is 0.335 e. The van der Waals surface area contributed by atoms with Gasteiger partial charge in [0.25, 0.3) is 0 Å². The van der Waals surface area contributed by atoms with Gasteiger partial charge >= 0.3 is 5.97 Å². The summed E-state index contributed by atoms with van der Waals surface area (Å²) < 4.78 is 14.3. The third-order valence-corrected chi connectivity index (χ3v) is 4.32. The maximum absolute atomic E-state index is 14.3. The summed E-state index contributed by atoms with van der Waals surface area (Å²) in [5.74, 6) is -1.13. The van der Waals surface area contributed by atoms with Gasteiger partial charge in [0.2, 0.25) is 0 Å². The van der Waals surface area contributed by atoms with Crippen LogP contribution in [0.25, 0.3) is 11.1 Å². The summed E-state index contributed by atoms with van der Waals surface area (Å²) in [6.07, 6.45) is 7.96. The summed E-state index contributed by atoms with van der Waals surface area (Å²) in [4.78, 5) is 10.9.